The summed E-state index contributed by atoms with van der Waals surface area (Å²) >= 11 is 1.26. The minimum Gasteiger partial charge on any atom is -0.495 e. The van der Waals surface area contributed by atoms with E-state index in [1.54, 1.807) is 12.1 Å². The normalized spacial score (nSPS) is 11.4. The molecule has 0 aliphatic carbocycles. The lowest BCUT2D eigenvalue weighted by molar-refractivity contribution is -0.116. The van der Waals surface area contributed by atoms with E-state index in [0.717, 1.165) is 16.9 Å². The predicted molar refractivity (Wildman–Crippen MR) is 105 cm³/mol. The zero-order valence-corrected chi connectivity index (χ0v) is 17.0. The van der Waals surface area contributed by atoms with Crippen LogP contribution in [0.2, 0.25) is 0 Å². The van der Waals surface area contributed by atoms with Gasteiger partial charge in [0.15, 0.2) is 0 Å². The molecule has 0 unspecified atom stereocenters. The molecule has 0 saturated carbocycles. The summed E-state index contributed by atoms with van der Waals surface area (Å²) in [5.74, 6) is 0.386. The number of carbonyl (C=O) groups excluding carboxylic acids is 1. The van der Waals surface area contributed by atoms with Crippen LogP contribution in [-0.2, 0) is 21.2 Å². The van der Waals surface area contributed by atoms with Crippen molar-refractivity contribution in [2.75, 3.05) is 25.1 Å². The maximum absolute atomic E-state index is 12.4. The molecule has 26 heavy (non-hydrogen) atoms. The molecule has 1 heterocycles. The number of methoxy groups -OCH3 is 1. The molecule has 2 aromatic rings. The van der Waals surface area contributed by atoms with Gasteiger partial charge in [-0.1, -0.05) is 13.0 Å². The molecule has 0 saturated heterocycles. The number of benzene rings is 1. The Morgan fingerprint density at radius 1 is 1.27 bits per heavy atom. The van der Waals surface area contributed by atoms with Crippen molar-refractivity contribution in [1.82, 2.24) is 4.72 Å². The lowest BCUT2D eigenvalue weighted by Crippen LogP contribution is -2.37. The predicted octanol–water partition coefficient (Wildman–Crippen LogP) is 2.96. The Balaban J connectivity index is 2.12. The smallest absolute Gasteiger partial charge is 0.250 e. The van der Waals surface area contributed by atoms with E-state index < -0.39 is 10.0 Å². The second-order valence-corrected chi connectivity index (χ2v) is 8.98. The van der Waals surface area contributed by atoms with Crippen LogP contribution in [0.5, 0.6) is 5.75 Å². The molecule has 142 valence electrons. The van der Waals surface area contributed by atoms with Crippen molar-refractivity contribution < 1.29 is 17.9 Å². The number of nitrogens with one attached hydrogen (secondary N) is 1. The van der Waals surface area contributed by atoms with Gasteiger partial charge in [0.2, 0.25) is 15.9 Å². The minimum absolute atomic E-state index is 0.109. The van der Waals surface area contributed by atoms with Gasteiger partial charge in [-0.25, -0.2) is 13.1 Å². The summed E-state index contributed by atoms with van der Waals surface area (Å²) in [4.78, 5) is 14.6. The van der Waals surface area contributed by atoms with Crippen molar-refractivity contribution in [2.24, 2.45) is 0 Å². The van der Waals surface area contributed by atoms with Crippen LogP contribution in [0.15, 0.2) is 34.5 Å². The van der Waals surface area contributed by atoms with Gasteiger partial charge in [0.25, 0.3) is 0 Å². The van der Waals surface area contributed by atoms with E-state index in [2.05, 4.69) is 4.72 Å². The number of nitrogens with zero attached hydrogens (tertiary/aromatic N) is 1. The third-order valence-corrected chi connectivity index (χ3v) is 7.07. The van der Waals surface area contributed by atoms with Crippen molar-refractivity contribution in [2.45, 2.75) is 31.4 Å². The Kier molecular flexibility index (Phi) is 6.80. The molecule has 1 aromatic heterocycles. The topological polar surface area (TPSA) is 75.7 Å². The maximum Gasteiger partial charge on any atom is 0.250 e. The number of hydrogen-bond acceptors (Lipinski definition) is 5. The number of rotatable bonds is 8. The lowest BCUT2D eigenvalue weighted by atomic mass is 10.2. The van der Waals surface area contributed by atoms with Crippen LogP contribution >= 0.6 is 11.3 Å². The SMILES string of the molecule is CCc1ccc(S(=O)(=O)NCCN(C(C)=O)c2cc(C)ccc2OC)s1. The number of thiophene rings is 1. The first-order valence-electron chi connectivity index (χ1n) is 8.29. The van der Waals surface area contributed by atoms with Crippen LogP contribution < -0.4 is 14.4 Å². The monoisotopic (exact) mass is 396 g/mol. The van der Waals surface area contributed by atoms with Gasteiger partial charge in [-0.15, -0.1) is 11.3 Å². The first-order chi connectivity index (χ1) is 12.3. The highest BCUT2D eigenvalue weighted by molar-refractivity contribution is 7.91. The van der Waals surface area contributed by atoms with Crippen molar-refractivity contribution in [1.29, 1.82) is 0 Å². The summed E-state index contributed by atoms with van der Waals surface area (Å²) in [7, 11) is -2.04. The van der Waals surface area contributed by atoms with Crippen LogP contribution in [-0.4, -0.2) is 34.5 Å². The Morgan fingerprint density at radius 2 is 2.00 bits per heavy atom. The zero-order chi connectivity index (χ0) is 19.3. The number of sulfonamides is 1. The van der Waals surface area contributed by atoms with Crippen molar-refractivity contribution >= 4 is 33.0 Å². The fourth-order valence-electron chi connectivity index (χ4n) is 2.51. The highest BCUT2D eigenvalue weighted by Crippen LogP contribution is 2.29. The van der Waals surface area contributed by atoms with Gasteiger partial charge in [-0.3, -0.25) is 4.79 Å². The second-order valence-electron chi connectivity index (χ2n) is 5.82. The van der Waals surface area contributed by atoms with E-state index in [1.807, 2.05) is 32.0 Å². The largest absolute Gasteiger partial charge is 0.495 e. The molecule has 0 spiro atoms. The molecule has 0 radical (unpaired) electrons. The molecule has 1 aromatic carbocycles. The maximum atomic E-state index is 12.4. The number of aryl methyl sites for hydroxylation is 2. The van der Waals surface area contributed by atoms with Gasteiger partial charge >= 0.3 is 0 Å². The molecule has 0 aliphatic heterocycles. The fourth-order valence-corrected chi connectivity index (χ4v) is 4.88. The fraction of sp³-hybridized carbons (Fsp3) is 0.389. The van der Waals surface area contributed by atoms with E-state index in [-0.39, 0.29) is 23.2 Å². The molecule has 0 fully saturated rings. The van der Waals surface area contributed by atoms with E-state index in [0.29, 0.717) is 11.4 Å². The third kappa shape index (κ3) is 4.84. The summed E-state index contributed by atoms with van der Waals surface area (Å²) in [6, 6.07) is 8.96. The molecular formula is C18H24N2O4S2. The molecule has 8 heteroatoms. The summed E-state index contributed by atoms with van der Waals surface area (Å²) in [6.07, 6.45) is 0.797. The molecule has 0 aliphatic rings. The highest BCUT2D eigenvalue weighted by atomic mass is 32.2. The highest BCUT2D eigenvalue weighted by Gasteiger charge is 2.20. The molecule has 2 rings (SSSR count). The van der Waals surface area contributed by atoms with Crippen LogP contribution in [0.25, 0.3) is 0 Å². The molecule has 1 N–H and O–H groups in total. The van der Waals surface area contributed by atoms with Gasteiger partial charge < -0.3 is 9.64 Å². The van der Waals surface area contributed by atoms with E-state index in [1.165, 1.54) is 30.3 Å². The third-order valence-electron chi connectivity index (χ3n) is 3.88. The average molecular weight is 397 g/mol. The van der Waals surface area contributed by atoms with Gasteiger partial charge in [-0.2, -0.15) is 0 Å². The van der Waals surface area contributed by atoms with Crippen LogP contribution in [0.4, 0.5) is 5.69 Å². The lowest BCUT2D eigenvalue weighted by Gasteiger charge is -2.23. The van der Waals surface area contributed by atoms with E-state index in [4.69, 9.17) is 4.74 Å². The molecule has 0 bridgehead atoms. The Hall–Kier alpha value is -1.90. The van der Waals surface area contributed by atoms with Crippen LogP contribution in [0, 0.1) is 6.92 Å². The standard InChI is InChI=1S/C18H24N2O4S2/c1-5-15-7-9-18(25-15)26(22,23)19-10-11-20(14(3)21)16-12-13(2)6-8-17(16)24-4/h6-9,12,19H,5,10-11H2,1-4H3. The van der Waals surface area contributed by atoms with Gasteiger partial charge in [-0.05, 0) is 43.2 Å². The quantitative estimate of drug-likeness (QED) is 0.744. The first-order valence-corrected chi connectivity index (χ1v) is 10.6. The van der Waals surface area contributed by atoms with Crippen molar-refractivity contribution in [3.8, 4) is 5.75 Å². The molecule has 0 atom stereocenters. The number of anilines is 1. The van der Waals surface area contributed by atoms with Gasteiger partial charge in [0, 0.05) is 24.9 Å². The van der Waals surface area contributed by atoms with Crippen molar-refractivity contribution in [3.05, 3.63) is 40.8 Å². The number of amides is 1. The van der Waals surface area contributed by atoms with Crippen molar-refractivity contribution in [3.63, 3.8) is 0 Å². The molecular weight excluding hydrogens is 372 g/mol. The second kappa shape index (κ2) is 8.66. The molecule has 6 nitrogen and oxygen atoms in total. The summed E-state index contributed by atoms with van der Waals surface area (Å²) in [5, 5.41) is 0. The minimum atomic E-state index is -3.58. The van der Waals surface area contributed by atoms with Gasteiger partial charge in [0.05, 0.1) is 12.8 Å². The Bertz CT molecular complexity index is 875. The molecule has 1 amide bonds. The number of carbonyl (C=O) groups is 1. The van der Waals surface area contributed by atoms with E-state index in [9.17, 15) is 13.2 Å². The van der Waals surface area contributed by atoms with Crippen LogP contribution in [0.3, 0.4) is 0 Å². The zero-order valence-electron chi connectivity index (χ0n) is 15.4. The summed E-state index contributed by atoms with van der Waals surface area (Å²) in [6.45, 7) is 5.67. The number of hydrogen-bond donors (Lipinski definition) is 1. The summed E-state index contributed by atoms with van der Waals surface area (Å²) in [5.41, 5.74) is 1.61. The van der Waals surface area contributed by atoms with Crippen LogP contribution in [0.1, 0.15) is 24.3 Å². The first kappa shape index (κ1) is 20.4. The average Bonchev–Trinajstić information content (AvgIpc) is 3.08. The Morgan fingerprint density at radius 3 is 2.58 bits per heavy atom. The van der Waals surface area contributed by atoms with E-state index >= 15 is 0 Å². The van der Waals surface area contributed by atoms with Gasteiger partial charge in [0.1, 0.15) is 9.96 Å². The Labute approximate surface area is 158 Å². The summed E-state index contributed by atoms with van der Waals surface area (Å²) < 4.78 is 33.0. The number of ether oxygens (including phenoxy) is 1.